The molecule has 0 unspecified atom stereocenters. The minimum absolute atomic E-state index is 0.251. The largest absolute Gasteiger partial charge is 0.310 e. The van der Waals surface area contributed by atoms with E-state index in [0.717, 1.165) is 17.9 Å². The Morgan fingerprint density at radius 3 is 2.63 bits per heavy atom. The maximum Gasteiger partial charge on any atom is 0.166 e. The molecule has 0 atom stereocenters. The van der Waals surface area contributed by atoms with Crippen molar-refractivity contribution in [3.05, 3.63) is 35.4 Å². The normalized spacial score (nSPS) is 11.3. The Bertz CT molecular complexity index is 578. The van der Waals surface area contributed by atoms with Gasteiger partial charge in [-0.15, -0.1) is 10.2 Å². The van der Waals surface area contributed by atoms with Crippen molar-refractivity contribution in [1.29, 1.82) is 0 Å². The summed E-state index contributed by atoms with van der Waals surface area (Å²) in [6.07, 6.45) is 0. The van der Waals surface area contributed by atoms with Gasteiger partial charge in [0.25, 0.3) is 0 Å². The fourth-order valence-electron chi connectivity index (χ4n) is 1.99. The van der Waals surface area contributed by atoms with Crippen LogP contribution in [0.25, 0.3) is 11.4 Å². The van der Waals surface area contributed by atoms with Crippen LogP contribution < -0.4 is 0 Å². The van der Waals surface area contributed by atoms with Crippen LogP contribution in [0.4, 0.5) is 4.39 Å². The summed E-state index contributed by atoms with van der Waals surface area (Å²) < 4.78 is 16.1. The molecule has 0 amide bonds. The van der Waals surface area contributed by atoms with Gasteiger partial charge in [-0.1, -0.05) is 35.8 Å². The second-order valence-corrected chi connectivity index (χ2v) is 5.62. The van der Waals surface area contributed by atoms with Gasteiger partial charge >= 0.3 is 0 Å². The fraction of sp³-hybridized carbons (Fsp3) is 0.429. The van der Waals surface area contributed by atoms with Gasteiger partial charge in [-0.05, 0) is 30.5 Å². The second kappa shape index (κ2) is 5.82. The van der Waals surface area contributed by atoms with Gasteiger partial charge < -0.3 is 4.57 Å². The van der Waals surface area contributed by atoms with Gasteiger partial charge in [-0.3, -0.25) is 0 Å². The van der Waals surface area contributed by atoms with E-state index in [1.54, 1.807) is 6.07 Å². The van der Waals surface area contributed by atoms with Crippen LogP contribution in [0.2, 0.25) is 0 Å². The van der Waals surface area contributed by atoms with Gasteiger partial charge in [-0.25, -0.2) is 4.39 Å². The van der Waals surface area contributed by atoms with Crippen molar-refractivity contribution in [2.75, 3.05) is 0 Å². The average molecular weight is 326 g/mol. The van der Waals surface area contributed by atoms with Crippen molar-refractivity contribution >= 4 is 15.9 Å². The van der Waals surface area contributed by atoms with Crippen molar-refractivity contribution in [3.63, 3.8) is 0 Å². The summed E-state index contributed by atoms with van der Waals surface area (Å²) in [5.74, 6) is 1.61. The van der Waals surface area contributed by atoms with Crippen LogP contribution in [-0.4, -0.2) is 14.8 Å². The molecule has 2 aromatic rings. The summed E-state index contributed by atoms with van der Waals surface area (Å²) in [4.78, 5) is 0. The highest BCUT2D eigenvalue weighted by Gasteiger charge is 2.17. The predicted molar refractivity (Wildman–Crippen MR) is 77.6 cm³/mol. The number of alkyl halides is 1. The summed E-state index contributed by atoms with van der Waals surface area (Å²) in [7, 11) is 0. The first-order valence-electron chi connectivity index (χ1n) is 6.27. The highest BCUT2D eigenvalue weighted by Crippen LogP contribution is 2.24. The van der Waals surface area contributed by atoms with Gasteiger partial charge in [0.15, 0.2) is 5.82 Å². The molecule has 0 aliphatic heterocycles. The van der Waals surface area contributed by atoms with Crippen molar-refractivity contribution in [1.82, 2.24) is 14.8 Å². The molecule has 2 rings (SSSR count). The maximum absolute atomic E-state index is 14.1. The Morgan fingerprint density at radius 2 is 2.05 bits per heavy atom. The monoisotopic (exact) mass is 325 g/mol. The highest BCUT2D eigenvalue weighted by atomic mass is 79.9. The topological polar surface area (TPSA) is 30.7 Å². The third-order valence-electron chi connectivity index (χ3n) is 2.86. The SMILES string of the molecule is Cc1ccc(-c2nnc(CBr)n2CC(C)C)c(F)c1. The third kappa shape index (κ3) is 3.03. The molecule has 0 radical (unpaired) electrons. The number of halogens is 2. The molecular weight excluding hydrogens is 309 g/mol. The van der Waals surface area contributed by atoms with E-state index < -0.39 is 0 Å². The van der Waals surface area contributed by atoms with Gasteiger partial charge in [0.1, 0.15) is 11.6 Å². The lowest BCUT2D eigenvalue weighted by atomic mass is 10.1. The van der Waals surface area contributed by atoms with Crippen LogP contribution in [0.1, 0.15) is 25.2 Å². The van der Waals surface area contributed by atoms with Crippen molar-refractivity contribution < 1.29 is 4.39 Å². The first-order valence-corrected chi connectivity index (χ1v) is 7.39. The van der Waals surface area contributed by atoms with Crippen molar-refractivity contribution in [3.8, 4) is 11.4 Å². The van der Waals surface area contributed by atoms with Gasteiger partial charge in [0.05, 0.1) is 10.9 Å². The molecule has 0 aliphatic rings. The molecule has 5 heteroatoms. The Morgan fingerprint density at radius 1 is 1.32 bits per heavy atom. The molecule has 19 heavy (non-hydrogen) atoms. The summed E-state index contributed by atoms with van der Waals surface area (Å²) in [6, 6.07) is 5.18. The van der Waals surface area contributed by atoms with E-state index in [0.29, 0.717) is 22.6 Å². The van der Waals surface area contributed by atoms with Gasteiger partial charge in [0.2, 0.25) is 0 Å². The van der Waals surface area contributed by atoms with Crippen molar-refractivity contribution in [2.24, 2.45) is 5.92 Å². The zero-order chi connectivity index (χ0) is 14.0. The van der Waals surface area contributed by atoms with Crippen LogP contribution in [0.15, 0.2) is 18.2 Å². The molecule has 0 saturated heterocycles. The quantitative estimate of drug-likeness (QED) is 0.797. The first kappa shape index (κ1) is 14.2. The molecule has 102 valence electrons. The van der Waals surface area contributed by atoms with E-state index in [1.165, 1.54) is 6.07 Å². The molecule has 0 N–H and O–H groups in total. The second-order valence-electron chi connectivity index (χ2n) is 5.06. The Balaban J connectivity index is 2.52. The summed E-state index contributed by atoms with van der Waals surface area (Å²) in [5.41, 5.74) is 1.41. The van der Waals surface area contributed by atoms with Crippen LogP contribution in [0, 0.1) is 18.7 Å². The first-order chi connectivity index (χ1) is 9.02. The zero-order valence-corrected chi connectivity index (χ0v) is 12.9. The minimum Gasteiger partial charge on any atom is -0.310 e. The summed E-state index contributed by atoms with van der Waals surface area (Å²) >= 11 is 3.40. The Kier molecular flexibility index (Phi) is 4.34. The Labute approximate surface area is 121 Å². The Hall–Kier alpha value is -1.23. The van der Waals surface area contributed by atoms with E-state index in [9.17, 15) is 4.39 Å². The number of hydrogen-bond acceptors (Lipinski definition) is 2. The van der Waals surface area contributed by atoms with Crippen molar-refractivity contribution in [2.45, 2.75) is 32.6 Å². The third-order valence-corrected chi connectivity index (χ3v) is 3.36. The highest BCUT2D eigenvalue weighted by molar-refractivity contribution is 9.08. The number of aryl methyl sites for hydroxylation is 1. The number of rotatable bonds is 4. The number of nitrogens with zero attached hydrogens (tertiary/aromatic N) is 3. The van der Waals surface area contributed by atoms with Gasteiger partial charge in [0, 0.05) is 6.54 Å². The standard InChI is InChI=1S/C14H17BrFN3/c1-9(2)8-19-13(7-15)17-18-14(19)11-5-4-10(3)6-12(11)16/h4-6,9H,7-8H2,1-3H3. The molecular formula is C14H17BrFN3. The molecule has 1 heterocycles. The fourth-order valence-corrected chi connectivity index (χ4v) is 2.41. The number of hydrogen-bond donors (Lipinski definition) is 0. The molecule has 1 aromatic carbocycles. The van der Waals surface area contributed by atoms with Gasteiger partial charge in [-0.2, -0.15) is 0 Å². The average Bonchev–Trinajstić information content (AvgIpc) is 2.71. The lowest BCUT2D eigenvalue weighted by molar-refractivity contribution is 0.514. The lowest BCUT2D eigenvalue weighted by Crippen LogP contribution is -2.09. The van der Waals surface area contributed by atoms with Crippen LogP contribution >= 0.6 is 15.9 Å². The smallest absolute Gasteiger partial charge is 0.166 e. The van der Waals surface area contributed by atoms with E-state index in [2.05, 4.69) is 40.0 Å². The van der Waals surface area contributed by atoms with E-state index in [-0.39, 0.29) is 5.82 Å². The maximum atomic E-state index is 14.1. The van der Waals surface area contributed by atoms with E-state index in [4.69, 9.17) is 0 Å². The number of aromatic nitrogens is 3. The minimum atomic E-state index is -0.251. The molecule has 0 aliphatic carbocycles. The zero-order valence-electron chi connectivity index (χ0n) is 11.3. The molecule has 0 saturated carbocycles. The summed E-state index contributed by atoms with van der Waals surface area (Å²) in [6.45, 7) is 6.88. The molecule has 1 aromatic heterocycles. The summed E-state index contributed by atoms with van der Waals surface area (Å²) in [5, 5.41) is 8.88. The lowest BCUT2D eigenvalue weighted by Gasteiger charge is -2.12. The van der Waals surface area contributed by atoms with Crippen LogP contribution in [0.3, 0.4) is 0 Å². The molecule has 0 bridgehead atoms. The molecule has 3 nitrogen and oxygen atoms in total. The van der Waals surface area contributed by atoms with E-state index >= 15 is 0 Å². The molecule has 0 fully saturated rings. The van der Waals surface area contributed by atoms with Crippen LogP contribution in [-0.2, 0) is 11.9 Å². The number of benzene rings is 1. The van der Waals surface area contributed by atoms with E-state index in [1.807, 2.05) is 17.6 Å². The van der Waals surface area contributed by atoms with Crippen LogP contribution in [0.5, 0.6) is 0 Å². The molecule has 0 spiro atoms. The predicted octanol–water partition coefficient (Wildman–Crippen LogP) is 3.94.